The quantitative estimate of drug-likeness (QED) is 0.504. The van der Waals surface area contributed by atoms with Gasteiger partial charge in [-0.3, -0.25) is 4.79 Å². The van der Waals surface area contributed by atoms with E-state index < -0.39 is 41.2 Å². The Morgan fingerprint density at radius 1 is 1.00 bits per heavy atom. The molecule has 3 atom stereocenters. The van der Waals surface area contributed by atoms with Crippen LogP contribution in [0.4, 0.5) is 4.79 Å². The molecule has 0 radical (unpaired) electrons. The van der Waals surface area contributed by atoms with E-state index in [2.05, 4.69) is 5.32 Å². The van der Waals surface area contributed by atoms with Gasteiger partial charge in [-0.05, 0) is 49.8 Å². The molecule has 1 saturated heterocycles. The number of hydrogen-bond donors (Lipinski definition) is 1. The lowest BCUT2D eigenvalue weighted by molar-refractivity contribution is -0.164. The van der Waals surface area contributed by atoms with Crippen LogP contribution < -0.4 is 5.32 Å². The molecule has 2 aromatic carbocycles. The first-order valence-corrected chi connectivity index (χ1v) is 12.0. The number of ether oxygens (including phenoxy) is 2. The fourth-order valence-corrected chi connectivity index (χ4v) is 5.18. The summed E-state index contributed by atoms with van der Waals surface area (Å²) in [4.78, 5) is 40.1. The van der Waals surface area contributed by atoms with E-state index in [9.17, 15) is 14.4 Å². The molecule has 0 spiro atoms. The van der Waals surface area contributed by atoms with E-state index in [-0.39, 0.29) is 5.91 Å². The van der Waals surface area contributed by atoms with Crippen LogP contribution in [0.1, 0.15) is 44.9 Å². The number of carbonyl (C=O) groups excluding carboxylic acids is 3. The van der Waals surface area contributed by atoms with Gasteiger partial charge in [0.25, 0.3) is 0 Å². The average molecular weight is 481 g/mol. The number of nitrogens with zero attached hydrogens (tertiary/aromatic N) is 1. The maximum atomic E-state index is 13.4. The molecule has 2 heterocycles. The number of β-lactam (4-membered cyclic amide) rings is 1. The summed E-state index contributed by atoms with van der Waals surface area (Å²) in [5.74, 6) is -0.852. The Morgan fingerprint density at radius 3 is 2.09 bits per heavy atom. The molecule has 1 fully saturated rings. The molecule has 2 amide bonds. The largest absolute Gasteiger partial charge is 0.451 e. The summed E-state index contributed by atoms with van der Waals surface area (Å²) in [6.45, 7) is 7.07. The molecular weight excluding hydrogens is 452 g/mol. The van der Waals surface area contributed by atoms with Crippen molar-refractivity contribution in [3.05, 3.63) is 82.8 Å². The highest BCUT2D eigenvalue weighted by molar-refractivity contribution is 8.02. The highest BCUT2D eigenvalue weighted by Gasteiger charge is 2.56. The summed E-state index contributed by atoms with van der Waals surface area (Å²) in [7, 11) is 0. The number of nitrogens with one attached hydrogen (secondary N) is 1. The van der Waals surface area contributed by atoms with Crippen molar-refractivity contribution in [2.45, 2.75) is 56.9 Å². The Labute approximate surface area is 203 Å². The van der Waals surface area contributed by atoms with Crippen LogP contribution in [0.15, 0.2) is 71.6 Å². The van der Waals surface area contributed by atoms with E-state index in [1.54, 1.807) is 27.7 Å². The van der Waals surface area contributed by atoms with Gasteiger partial charge in [-0.15, -0.1) is 11.8 Å². The van der Waals surface area contributed by atoms with Crippen molar-refractivity contribution in [1.82, 2.24) is 10.2 Å². The number of amides is 2. The number of thioether (sulfide) groups is 1. The summed E-state index contributed by atoms with van der Waals surface area (Å²) >= 11 is 1.39. The normalized spacial score (nSPS) is 21.8. The molecule has 8 heteroatoms. The fraction of sp³-hybridized carbons (Fsp3) is 0.346. The topological polar surface area (TPSA) is 84.9 Å². The zero-order chi connectivity index (χ0) is 24.5. The van der Waals surface area contributed by atoms with E-state index in [0.717, 1.165) is 16.7 Å². The predicted molar refractivity (Wildman–Crippen MR) is 130 cm³/mol. The minimum atomic E-state index is -0.856. The van der Waals surface area contributed by atoms with Gasteiger partial charge in [0, 0.05) is 0 Å². The van der Waals surface area contributed by atoms with Gasteiger partial charge in [-0.2, -0.15) is 0 Å². The van der Waals surface area contributed by atoms with Crippen LogP contribution in [0.2, 0.25) is 0 Å². The smallest absolute Gasteiger partial charge is 0.408 e. The Hall–Kier alpha value is -3.26. The summed E-state index contributed by atoms with van der Waals surface area (Å²) in [6, 6.07) is 17.4. The molecule has 2 aliphatic heterocycles. The van der Waals surface area contributed by atoms with E-state index in [0.29, 0.717) is 0 Å². The lowest BCUT2D eigenvalue weighted by Crippen LogP contribution is -2.74. The lowest BCUT2D eigenvalue weighted by Gasteiger charge is -2.51. The second-order valence-corrected chi connectivity index (χ2v) is 10.3. The van der Waals surface area contributed by atoms with Gasteiger partial charge in [0.15, 0.2) is 12.1 Å². The van der Waals surface area contributed by atoms with Crippen molar-refractivity contribution in [3.63, 3.8) is 0 Å². The van der Waals surface area contributed by atoms with Crippen LogP contribution in [-0.4, -0.2) is 45.9 Å². The molecule has 0 bridgehead atoms. The van der Waals surface area contributed by atoms with Crippen molar-refractivity contribution in [3.8, 4) is 0 Å². The van der Waals surface area contributed by atoms with Crippen LogP contribution in [0.25, 0.3) is 0 Å². The first-order valence-electron chi connectivity index (χ1n) is 11.1. The van der Waals surface area contributed by atoms with Gasteiger partial charge in [0.2, 0.25) is 5.91 Å². The van der Waals surface area contributed by atoms with Crippen molar-refractivity contribution in [2.24, 2.45) is 0 Å². The first-order chi connectivity index (χ1) is 16.2. The number of rotatable bonds is 5. The molecule has 0 aliphatic carbocycles. The van der Waals surface area contributed by atoms with E-state index in [1.807, 2.05) is 66.1 Å². The van der Waals surface area contributed by atoms with Gasteiger partial charge >= 0.3 is 12.1 Å². The second-order valence-electron chi connectivity index (χ2n) is 9.30. The maximum absolute atomic E-state index is 13.4. The standard InChI is InChI=1S/C26H28N2O5S/c1-16-15-34-23-19(27-25(31)33-26(2,3)4)22(29)28(23)20(16)24(30)32-21(17-11-7-5-8-12-17)18-13-9-6-10-14-18/h5-15,19-21,23H,1-4H3,(H,27,31). The number of esters is 1. The van der Waals surface area contributed by atoms with Gasteiger partial charge < -0.3 is 19.7 Å². The molecule has 0 aromatic heterocycles. The third-order valence-electron chi connectivity index (χ3n) is 5.52. The predicted octanol–water partition coefficient (Wildman–Crippen LogP) is 4.40. The Balaban J connectivity index is 1.52. The van der Waals surface area contributed by atoms with Crippen molar-refractivity contribution in [2.75, 3.05) is 0 Å². The molecule has 0 saturated carbocycles. The first kappa shape index (κ1) is 23.9. The zero-order valence-electron chi connectivity index (χ0n) is 19.6. The van der Waals surface area contributed by atoms with Gasteiger partial charge in [-0.1, -0.05) is 60.7 Å². The Kier molecular flexibility index (Phi) is 6.70. The van der Waals surface area contributed by atoms with Crippen LogP contribution in [0.3, 0.4) is 0 Å². The van der Waals surface area contributed by atoms with Gasteiger partial charge in [-0.25, -0.2) is 9.59 Å². The Morgan fingerprint density at radius 2 is 1.56 bits per heavy atom. The minimum absolute atomic E-state index is 0.339. The maximum Gasteiger partial charge on any atom is 0.408 e. The third kappa shape index (κ3) is 4.97. The lowest BCUT2D eigenvalue weighted by atomic mass is 9.98. The van der Waals surface area contributed by atoms with E-state index >= 15 is 0 Å². The van der Waals surface area contributed by atoms with Gasteiger partial charge in [0.05, 0.1) is 0 Å². The molecule has 2 aliphatic rings. The monoisotopic (exact) mass is 480 g/mol. The van der Waals surface area contributed by atoms with Gasteiger partial charge in [0.1, 0.15) is 17.0 Å². The van der Waals surface area contributed by atoms with E-state index in [1.165, 1.54) is 16.7 Å². The van der Waals surface area contributed by atoms with Crippen LogP contribution in [0, 0.1) is 0 Å². The van der Waals surface area contributed by atoms with Crippen molar-refractivity contribution < 1.29 is 23.9 Å². The van der Waals surface area contributed by atoms with E-state index in [4.69, 9.17) is 9.47 Å². The SMILES string of the molecule is CC1=CSC2C(NC(=O)OC(C)(C)C)C(=O)N2C1C(=O)OC(c1ccccc1)c1ccccc1. The fourth-order valence-electron chi connectivity index (χ4n) is 4.00. The molecule has 34 heavy (non-hydrogen) atoms. The second kappa shape index (κ2) is 9.54. The van der Waals surface area contributed by atoms with Crippen LogP contribution >= 0.6 is 11.8 Å². The van der Waals surface area contributed by atoms with Crippen molar-refractivity contribution >= 4 is 29.7 Å². The number of carbonyl (C=O) groups is 3. The summed E-state index contributed by atoms with van der Waals surface area (Å²) < 4.78 is 11.3. The summed E-state index contributed by atoms with van der Waals surface area (Å²) in [6.07, 6.45) is -1.27. The molecule has 3 unspecified atom stereocenters. The number of alkyl carbamates (subject to hydrolysis) is 1. The van der Waals surface area contributed by atoms with Crippen LogP contribution in [-0.2, 0) is 19.1 Å². The summed E-state index contributed by atoms with van der Waals surface area (Å²) in [5, 5.41) is 4.08. The molecule has 4 rings (SSSR count). The molecule has 7 nitrogen and oxygen atoms in total. The minimum Gasteiger partial charge on any atom is -0.451 e. The highest BCUT2D eigenvalue weighted by atomic mass is 32.2. The number of fused-ring (bicyclic) bond motifs is 1. The Bertz CT molecular complexity index is 1060. The van der Waals surface area contributed by atoms with Crippen molar-refractivity contribution in [1.29, 1.82) is 0 Å². The highest BCUT2D eigenvalue weighted by Crippen LogP contribution is 2.41. The number of benzene rings is 2. The zero-order valence-corrected chi connectivity index (χ0v) is 20.4. The molecule has 1 N–H and O–H groups in total. The van der Waals surface area contributed by atoms with Crippen LogP contribution in [0.5, 0.6) is 0 Å². The third-order valence-corrected chi connectivity index (χ3v) is 6.80. The average Bonchev–Trinajstić information content (AvgIpc) is 2.80. The molecule has 178 valence electrons. The molecular formula is C26H28N2O5S. The summed E-state index contributed by atoms with van der Waals surface area (Å²) in [5.41, 5.74) is 1.72. The molecule has 2 aromatic rings. The number of hydrogen-bond acceptors (Lipinski definition) is 6.